The van der Waals surface area contributed by atoms with Crippen molar-refractivity contribution in [2.45, 2.75) is 34.6 Å². The summed E-state index contributed by atoms with van der Waals surface area (Å²) in [5.74, 6) is 0. The van der Waals surface area contributed by atoms with E-state index < -0.39 is 0 Å². The highest BCUT2D eigenvalue weighted by Crippen LogP contribution is 2.42. The summed E-state index contributed by atoms with van der Waals surface area (Å²) >= 11 is 5.45. The number of aryl methyl sites for hydroxylation is 5. The molecule has 108 valence electrons. The van der Waals surface area contributed by atoms with Gasteiger partial charge in [0.15, 0.2) is 0 Å². The maximum atomic E-state index is 4.84. The molecule has 0 amide bonds. The van der Waals surface area contributed by atoms with Gasteiger partial charge < -0.3 is 0 Å². The van der Waals surface area contributed by atoms with Crippen molar-refractivity contribution in [1.29, 1.82) is 0 Å². The van der Waals surface area contributed by atoms with Crippen molar-refractivity contribution in [2.24, 2.45) is 0 Å². The topological polar surface area (TPSA) is 12.9 Å². The SMILES string of the molecule is Cc1cc(C)c2sc(C)c(-c3c(C)cc(Br)cc3C)c2n1. The van der Waals surface area contributed by atoms with Gasteiger partial charge in [-0.15, -0.1) is 11.3 Å². The van der Waals surface area contributed by atoms with Gasteiger partial charge in [-0.2, -0.15) is 0 Å². The Hall–Kier alpha value is -1.19. The number of hydrogen-bond acceptors (Lipinski definition) is 2. The Balaban J connectivity index is 2.44. The first-order valence-electron chi connectivity index (χ1n) is 7.03. The van der Waals surface area contributed by atoms with Gasteiger partial charge in [0.1, 0.15) is 0 Å². The molecule has 0 bridgehead atoms. The average Bonchev–Trinajstić information content (AvgIpc) is 2.66. The number of benzene rings is 1. The second-order valence-electron chi connectivity index (χ2n) is 5.71. The molecular formula is C18H18BrNS. The van der Waals surface area contributed by atoms with Crippen molar-refractivity contribution >= 4 is 37.5 Å². The van der Waals surface area contributed by atoms with Crippen LogP contribution in [0.1, 0.15) is 27.3 Å². The summed E-state index contributed by atoms with van der Waals surface area (Å²) in [5, 5.41) is 0. The van der Waals surface area contributed by atoms with Crippen molar-refractivity contribution in [3.05, 3.63) is 49.9 Å². The minimum absolute atomic E-state index is 1.09. The lowest BCUT2D eigenvalue weighted by atomic mass is 9.95. The van der Waals surface area contributed by atoms with Crippen LogP contribution in [0.25, 0.3) is 21.3 Å². The standard InChI is InChI=1S/C18H18BrNS/c1-9-7-14(19)8-10(2)15(9)16-13(5)21-18-11(3)6-12(4)20-17(16)18/h6-8H,1-5H3. The van der Waals surface area contributed by atoms with E-state index in [4.69, 9.17) is 4.98 Å². The molecule has 0 saturated heterocycles. The molecule has 0 aliphatic carbocycles. The summed E-state index contributed by atoms with van der Waals surface area (Å²) in [6, 6.07) is 6.55. The lowest BCUT2D eigenvalue weighted by molar-refractivity contribution is 1.24. The molecule has 0 atom stereocenters. The van der Waals surface area contributed by atoms with Crippen LogP contribution in [0.5, 0.6) is 0 Å². The molecule has 3 aromatic rings. The lowest BCUT2D eigenvalue weighted by Crippen LogP contribution is -1.92. The van der Waals surface area contributed by atoms with Crippen molar-refractivity contribution < 1.29 is 0 Å². The van der Waals surface area contributed by atoms with Gasteiger partial charge in [0.05, 0.1) is 10.2 Å². The third-order valence-electron chi connectivity index (χ3n) is 3.88. The van der Waals surface area contributed by atoms with Gasteiger partial charge in [-0.1, -0.05) is 15.9 Å². The number of hydrogen-bond donors (Lipinski definition) is 0. The minimum atomic E-state index is 1.09. The molecule has 0 fully saturated rings. The van der Waals surface area contributed by atoms with Crippen LogP contribution in [0.3, 0.4) is 0 Å². The zero-order valence-electron chi connectivity index (χ0n) is 13.0. The van der Waals surface area contributed by atoms with Crippen LogP contribution in [0.4, 0.5) is 0 Å². The molecule has 2 heterocycles. The fourth-order valence-corrected chi connectivity index (χ4v) is 4.85. The predicted octanol–water partition coefficient (Wildman–Crippen LogP) is 6.27. The normalized spacial score (nSPS) is 11.3. The maximum Gasteiger partial charge on any atom is 0.0896 e. The van der Waals surface area contributed by atoms with Crippen LogP contribution >= 0.6 is 27.3 Å². The number of nitrogens with zero attached hydrogens (tertiary/aromatic N) is 1. The molecule has 0 spiro atoms. The predicted molar refractivity (Wildman–Crippen MR) is 96.4 cm³/mol. The van der Waals surface area contributed by atoms with E-state index >= 15 is 0 Å². The largest absolute Gasteiger partial charge is 0.252 e. The minimum Gasteiger partial charge on any atom is -0.252 e. The average molecular weight is 360 g/mol. The van der Waals surface area contributed by atoms with Gasteiger partial charge in [0.25, 0.3) is 0 Å². The lowest BCUT2D eigenvalue weighted by Gasteiger charge is -2.11. The second-order valence-corrected chi connectivity index (χ2v) is 7.85. The molecule has 2 aromatic heterocycles. The Kier molecular flexibility index (Phi) is 3.66. The van der Waals surface area contributed by atoms with E-state index in [1.54, 1.807) is 0 Å². The summed E-state index contributed by atoms with van der Waals surface area (Å²) in [5.41, 5.74) is 8.80. The first kappa shape index (κ1) is 14.7. The second kappa shape index (κ2) is 5.22. The van der Waals surface area contributed by atoms with Crippen LogP contribution in [0.15, 0.2) is 22.7 Å². The highest BCUT2D eigenvalue weighted by molar-refractivity contribution is 9.10. The van der Waals surface area contributed by atoms with Crippen LogP contribution in [0.2, 0.25) is 0 Å². The van der Waals surface area contributed by atoms with E-state index in [9.17, 15) is 0 Å². The number of halogens is 1. The van der Waals surface area contributed by atoms with E-state index in [0.717, 1.165) is 15.7 Å². The zero-order chi connectivity index (χ0) is 15.3. The van der Waals surface area contributed by atoms with E-state index in [2.05, 4.69) is 68.7 Å². The smallest absolute Gasteiger partial charge is 0.0896 e. The quantitative estimate of drug-likeness (QED) is 0.498. The molecule has 0 N–H and O–H groups in total. The Morgan fingerprint density at radius 1 is 0.857 bits per heavy atom. The number of rotatable bonds is 1. The van der Waals surface area contributed by atoms with Crippen LogP contribution < -0.4 is 0 Å². The van der Waals surface area contributed by atoms with Crippen LogP contribution in [-0.4, -0.2) is 4.98 Å². The summed E-state index contributed by atoms with van der Waals surface area (Å²) in [7, 11) is 0. The molecule has 21 heavy (non-hydrogen) atoms. The molecule has 0 radical (unpaired) electrons. The monoisotopic (exact) mass is 359 g/mol. The van der Waals surface area contributed by atoms with Crippen molar-refractivity contribution in [3.8, 4) is 11.1 Å². The van der Waals surface area contributed by atoms with Gasteiger partial charge in [-0.25, -0.2) is 0 Å². The van der Waals surface area contributed by atoms with Gasteiger partial charge in [-0.05, 0) is 75.1 Å². The van der Waals surface area contributed by atoms with E-state index in [-0.39, 0.29) is 0 Å². The zero-order valence-corrected chi connectivity index (χ0v) is 15.4. The number of aromatic nitrogens is 1. The van der Waals surface area contributed by atoms with Gasteiger partial charge in [0, 0.05) is 20.6 Å². The van der Waals surface area contributed by atoms with Crippen LogP contribution in [-0.2, 0) is 0 Å². The van der Waals surface area contributed by atoms with E-state index in [1.165, 1.54) is 37.4 Å². The first-order valence-corrected chi connectivity index (χ1v) is 8.64. The van der Waals surface area contributed by atoms with Crippen LogP contribution in [0, 0.1) is 34.6 Å². The summed E-state index contributed by atoms with van der Waals surface area (Å²) < 4.78 is 2.45. The van der Waals surface area contributed by atoms with Crippen molar-refractivity contribution in [1.82, 2.24) is 4.98 Å². The third kappa shape index (κ3) is 2.43. The summed E-state index contributed by atoms with van der Waals surface area (Å²) in [6.45, 7) is 10.8. The van der Waals surface area contributed by atoms with Gasteiger partial charge >= 0.3 is 0 Å². The molecule has 0 aliphatic rings. The Labute approximate surface area is 138 Å². The summed E-state index contributed by atoms with van der Waals surface area (Å²) in [4.78, 5) is 6.18. The fraction of sp³-hybridized carbons (Fsp3) is 0.278. The Bertz CT molecular complexity index is 838. The Morgan fingerprint density at radius 2 is 1.48 bits per heavy atom. The molecule has 0 unspecified atom stereocenters. The van der Waals surface area contributed by atoms with E-state index in [0.29, 0.717) is 0 Å². The van der Waals surface area contributed by atoms with Crippen molar-refractivity contribution in [3.63, 3.8) is 0 Å². The van der Waals surface area contributed by atoms with Crippen molar-refractivity contribution in [2.75, 3.05) is 0 Å². The highest BCUT2D eigenvalue weighted by Gasteiger charge is 2.18. The Morgan fingerprint density at radius 3 is 2.10 bits per heavy atom. The maximum absolute atomic E-state index is 4.84. The third-order valence-corrected chi connectivity index (χ3v) is 5.57. The molecule has 1 aromatic carbocycles. The molecule has 3 heteroatoms. The van der Waals surface area contributed by atoms with Gasteiger partial charge in [0.2, 0.25) is 0 Å². The van der Waals surface area contributed by atoms with E-state index in [1.807, 2.05) is 11.3 Å². The molecule has 1 nitrogen and oxygen atoms in total. The summed E-state index contributed by atoms with van der Waals surface area (Å²) in [6.07, 6.45) is 0. The molecule has 0 saturated carbocycles. The number of pyridine rings is 1. The molecule has 3 rings (SSSR count). The fourth-order valence-electron chi connectivity index (χ4n) is 3.09. The highest BCUT2D eigenvalue weighted by atomic mass is 79.9. The molecule has 0 aliphatic heterocycles. The van der Waals surface area contributed by atoms with Gasteiger partial charge in [-0.3, -0.25) is 4.98 Å². The molecular weight excluding hydrogens is 342 g/mol. The number of thiophene rings is 1. The number of fused-ring (bicyclic) bond motifs is 1. The first-order chi connectivity index (χ1) is 9.88.